The zero-order chi connectivity index (χ0) is 13.7. The molecule has 1 N–H and O–H groups in total. The van der Waals surface area contributed by atoms with Crippen LogP contribution in [0.5, 0.6) is 5.75 Å². The molecular weight excluding hydrogens is 246 g/mol. The molecule has 0 amide bonds. The van der Waals surface area contributed by atoms with Crippen LogP contribution in [-0.2, 0) is 11.3 Å². The fourth-order valence-electron chi connectivity index (χ4n) is 1.52. The number of nitrogens with one attached hydrogen (secondary N) is 1. The number of pyridine rings is 1. The predicted molar refractivity (Wildman–Crippen MR) is 69.2 cm³/mol. The minimum Gasteiger partial charge on any atom is -0.497 e. The zero-order valence-corrected chi connectivity index (χ0v) is 10.4. The Morgan fingerprint density at radius 1 is 1.16 bits per heavy atom. The van der Waals surface area contributed by atoms with E-state index in [0.29, 0.717) is 0 Å². The van der Waals surface area contributed by atoms with Crippen LogP contribution in [-0.4, -0.2) is 18.1 Å². The third kappa shape index (κ3) is 3.45. The van der Waals surface area contributed by atoms with E-state index in [2.05, 4.69) is 4.98 Å². The van der Waals surface area contributed by atoms with Crippen LogP contribution in [0.1, 0.15) is 16.1 Å². The minimum absolute atomic E-state index is 0.139. The van der Waals surface area contributed by atoms with Crippen molar-refractivity contribution in [3.63, 3.8) is 0 Å². The monoisotopic (exact) mass is 259 g/mol. The van der Waals surface area contributed by atoms with Gasteiger partial charge in [-0.05, 0) is 23.8 Å². The summed E-state index contributed by atoms with van der Waals surface area (Å²) in [5, 5.41) is 0. The highest BCUT2D eigenvalue weighted by Crippen LogP contribution is 2.12. The first-order chi connectivity index (χ1) is 9.19. The van der Waals surface area contributed by atoms with Gasteiger partial charge in [-0.3, -0.25) is 4.79 Å². The van der Waals surface area contributed by atoms with Gasteiger partial charge in [0.25, 0.3) is 0 Å². The molecule has 0 spiro atoms. The second-order valence-corrected chi connectivity index (χ2v) is 3.85. The van der Waals surface area contributed by atoms with Gasteiger partial charge in [0.05, 0.1) is 7.11 Å². The molecule has 0 saturated carbocycles. The lowest BCUT2D eigenvalue weighted by Crippen LogP contribution is -2.13. The molecule has 0 bridgehead atoms. The van der Waals surface area contributed by atoms with E-state index in [1.54, 1.807) is 31.4 Å². The number of aromatic amines is 1. The number of hydrogen-bond acceptors (Lipinski definition) is 4. The third-order valence-electron chi connectivity index (χ3n) is 2.52. The highest BCUT2D eigenvalue weighted by atomic mass is 16.5. The lowest BCUT2D eigenvalue weighted by atomic mass is 10.2. The van der Waals surface area contributed by atoms with Crippen molar-refractivity contribution in [2.45, 2.75) is 6.61 Å². The van der Waals surface area contributed by atoms with Crippen LogP contribution in [0.15, 0.2) is 47.3 Å². The molecule has 2 rings (SSSR count). The molecule has 0 radical (unpaired) electrons. The standard InChI is InChI=1S/C14H13NO4/c1-18-11-7-5-10(6-8-11)9-19-14(17)12-3-2-4-13(16)15-12/h2-8H,9H2,1H3,(H,15,16). The first-order valence-corrected chi connectivity index (χ1v) is 5.68. The Kier molecular flexibility index (Phi) is 3.97. The van der Waals surface area contributed by atoms with E-state index >= 15 is 0 Å². The fourth-order valence-corrected chi connectivity index (χ4v) is 1.52. The van der Waals surface area contributed by atoms with Crippen LogP contribution in [0.3, 0.4) is 0 Å². The van der Waals surface area contributed by atoms with Gasteiger partial charge in [0.1, 0.15) is 18.1 Å². The van der Waals surface area contributed by atoms with E-state index in [0.717, 1.165) is 11.3 Å². The number of aromatic nitrogens is 1. The van der Waals surface area contributed by atoms with E-state index in [1.165, 1.54) is 18.2 Å². The maximum atomic E-state index is 11.7. The summed E-state index contributed by atoms with van der Waals surface area (Å²) in [5.41, 5.74) is 0.646. The second-order valence-electron chi connectivity index (χ2n) is 3.85. The van der Waals surface area contributed by atoms with E-state index < -0.39 is 5.97 Å². The lowest BCUT2D eigenvalue weighted by molar-refractivity contribution is 0.0465. The van der Waals surface area contributed by atoms with Crippen molar-refractivity contribution < 1.29 is 14.3 Å². The molecule has 0 aliphatic carbocycles. The summed E-state index contributed by atoms with van der Waals surface area (Å²) in [6, 6.07) is 11.5. The number of H-pyrrole nitrogens is 1. The molecule has 1 aromatic heterocycles. The van der Waals surface area contributed by atoms with Gasteiger partial charge in [0, 0.05) is 6.07 Å². The van der Waals surface area contributed by atoms with Crippen molar-refractivity contribution in [3.05, 3.63) is 64.1 Å². The normalized spacial score (nSPS) is 9.95. The SMILES string of the molecule is COc1ccc(COC(=O)c2cccc(=O)[nH]2)cc1. The van der Waals surface area contributed by atoms with Crippen molar-refractivity contribution in [2.75, 3.05) is 7.11 Å². The van der Waals surface area contributed by atoms with E-state index in [4.69, 9.17) is 9.47 Å². The van der Waals surface area contributed by atoms with Crippen LogP contribution >= 0.6 is 0 Å². The first-order valence-electron chi connectivity index (χ1n) is 5.68. The number of esters is 1. The van der Waals surface area contributed by atoms with Gasteiger partial charge in [0.2, 0.25) is 5.56 Å². The molecule has 1 aromatic carbocycles. The average molecular weight is 259 g/mol. The van der Waals surface area contributed by atoms with E-state index in [1.807, 2.05) is 0 Å². The van der Waals surface area contributed by atoms with Crippen molar-refractivity contribution in [3.8, 4) is 5.75 Å². The van der Waals surface area contributed by atoms with E-state index in [-0.39, 0.29) is 17.9 Å². The predicted octanol–water partition coefficient (Wildman–Crippen LogP) is 1.74. The van der Waals surface area contributed by atoms with Gasteiger partial charge < -0.3 is 14.5 Å². The highest BCUT2D eigenvalue weighted by molar-refractivity contribution is 5.87. The summed E-state index contributed by atoms with van der Waals surface area (Å²) >= 11 is 0. The minimum atomic E-state index is -0.562. The number of hydrogen-bond donors (Lipinski definition) is 1. The van der Waals surface area contributed by atoms with Crippen LogP contribution in [0.2, 0.25) is 0 Å². The molecule has 19 heavy (non-hydrogen) atoms. The summed E-state index contributed by atoms with van der Waals surface area (Å²) in [5.74, 6) is 0.177. The van der Waals surface area contributed by atoms with Crippen LogP contribution in [0.4, 0.5) is 0 Å². The number of methoxy groups -OCH3 is 1. The van der Waals surface area contributed by atoms with Gasteiger partial charge in [-0.1, -0.05) is 18.2 Å². The molecule has 98 valence electrons. The summed E-state index contributed by atoms with van der Waals surface area (Å²) in [6.07, 6.45) is 0. The van der Waals surface area contributed by atoms with Crippen LogP contribution < -0.4 is 10.3 Å². The van der Waals surface area contributed by atoms with Crippen molar-refractivity contribution in [2.24, 2.45) is 0 Å². The molecule has 0 aliphatic heterocycles. The number of rotatable bonds is 4. The largest absolute Gasteiger partial charge is 0.497 e. The summed E-state index contributed by atoms with van der Waals surface area (Å²) in [4.78, 5) is 25.2. The van der Waals surface area contributed by atoms with E-state index in [9.17, 15) is 9.59 Å². The lowest BCUT2D eigenvalue weighted by Gasteiger charge is -2.05. The molecule has 0 fully saturated rings. The summed E-state index contributed by atoms with van der Waals surface area (Å²) < 4.78 is 10.1. The number of benzene rings is 1. The van der Waals surface area contributed by atoms with Crippen molar-refractivity contribution in [1.82, 2.24) is 4.98 Å². The smallest absolute Gasteiger partial charge is 0.355 e. The maximum Gasteiger partial charge on any atom is 0.355 e. The van der Waals surface area contributed by atoms with Gasteiger partial charge in [-0.25, -0.2) is 4.79 Å². The first kappa shape index (κ1) is 12.9. The topological polar surface area (TPSA) is 68.4 Å². The molecule has 1 heterocycles. The molecular formula is C14H13NO4. The van der Waals surface area contributed by atoms with Crippen LogP contribution in [0, 0.1) is 0 Å². The Hall–Kier alpha value is -2.56. The molecule has 0 unspecified atom stereocenters. The van der Waals surface area contributed by atoms with Crippen molar-refractivity contribution >= 4 is 5.97 Å². The molecule has 5 nitrogen and oxygen atoms in total. The average Bonchev–Trinajstić information content (AvgIpc) is 2.45. The van der Waals surface area contributed by atoms with Gasteiger partial charge in [-0.2, -0.15) is 0 Å². The summed E-state index contributed by atoms with van der Waals surface area (Å²) in [6.45, 7) is 0.139. The second kappa shape index (κ2) is 5.86. The highest BCUT2D eigenvalue weighted by Gasteiger charge is 2.07. The quantitative estimate of drug-likeness (QED) is 0.849. The fraction of sp³-hybridized carbons (Fsp3) is 0.143. The van der Waals surface area contributed by atoms with Gasteiger partial charge in [0.15, 0.2) is 0 Å². The number of carbonyl (C=O) groups excluding carboxylic acids is 1. The maximum absolute atomic E-state index is 11.7. The summed E-state index contributed by atoms with van der Waals surface area (Å²) in [7, 11) is 1.58. The molecule has 0 aliphatic rings. The Morgan fingerprint density at radius 2 is 1.89 bits per heavy atom. The third-order valence-corrected chi connectivity index (χ3v) is 2.52. The Labute approximate surface area is 109 Å². The van der Waals surface area contributed by atoms with Gasteiger partial charge in [-0.15, -0.1) is 0 Å². The Bertz CT molecular complexity index is 616. The molecule has 2 aromatic rings. The Balaban J connectivity index is 1.98. The Morgan fingerprint density at radius 3 is 2.53 bits per heavy atom. The zero-order valence-electron chi connectivity index (χ0n) is 10.4. The number of carbonyl (C=O) groups is 1. The molecule has 0 atom stereocenters. The molecule has 0 saturated heterocycles. The van der Waals surface area contributed by atoms with Crippen LogP contribution in [0.25, 0.3) is 0 Å². The number of ether oxygens (including phenoxy) is 2. The molecule has 5 heteroatoms. The van der Waals surface area contributed by atoms with Crippen molar-refractivity contribution in [1.29, 1.82) is 0 Å². The van der Waals surface area contributed by atoms with Gasteiger partial charge >= 0.3 is 5.97 Å².